The lowest BCUT2D eigenvalue weighted by Gasteiger charge is -2.32. The molecule has 19 heavy (non-hydrogen) atoms. The second kappa shape index (κ2) is 6.38. The van der Waals surface area contributed by atoms with Crippen LogP contribution in [0.25, 0.3) is 0 Å². The van der Waals surface area contributed by atoms with Crippen molar-refractivity contribution in [3.05, 3.63) is 47.5 Å². The second-order valence-electron chi connectivity index (χ2n) is 6.04. The minimum absolute atomic E-state index is 0.607. The van der Waals surface area contributed by atoms with Crippen molar-refractivity contribution in [3.63, 3.8) is 0 Å². The van der Waals surface area contributed by atoms with E-state index in [1.165, 1.54) is 29.5 Å². The summed E-state index contributed by atoms with van der Waals surface area (Å²) in [7, 11) is 0. The Labute approximate surface area is 118 Å². The third-order valence-corrected chi connectivity index (χ3v) is 4.40. The van der Waals surface area contributed by atoms with Gasteiger partial charge in [0.2, 0.25) is 0 Å². The highest BCUT2D eigenvalue weighted by atomic mass is 15.2. The van der Waals surface area contributed by atoms with E-state index < -0.39 is 0 Å². The van der Waals surface area contributed by atoms with Crippen molar-refractivity contribution in [2.45, 2.75) is 65.1 Å². The third kappa shape index (κ3) is 3.70. The van der Waals surface area contributed by atoms with Gasteiger partial charge in [0.15, 0.2) is 0 Å². The Hall–Kier alpha value is -1.08. The number of hydrogen-bond acceptors (Lipinski definition) is 1. The van der Waals surface area contributed by atoms with Crippen molar-refractivity contribution in [2.24, 2.45) is 0 Å². The Bertz CT molecular complexity index is 435. The monoisotopic (exact) mass is 257 g/mol. The first-order chi connectivity index (χ1) is 9.10. The van der Waals surface area contributed by atoms with Crippen LogP contribution in [-0.4, -0.2) is 17.0 Å². The van der Waals surface area contributed by atoms with Crippen molar-refractivity contribution < 1.29 is 0 Å². The van der Waals surface area contributed by atoms with Gasteiger partial charge in [0.05, 0.1) is 0 Å². The third-order valence-electron chi connectivity index (χ3n) is 4.40. The van der Waals surface area contributed by atoms with Crippen LogP contribution in [-0.2, 0) is 13.0 Å². The number of rotatable bonds is 3. The fourth-order valence-electron chi connectivity index (χ4n) is 3.12. The molecule has 1 aromatic carbocycles. The molecule has 1 heteroatoms. The predicted octanol–water partition coefficient (Wildman–Crippen LogP) is 4.57. The molecule has 1 saturated heterocycles. The van der Waals surface area contributed by atoms with E-state index in [0.29, 0.717) is 12.1 Å². The average molecular weight is 257 g/mol. The normalized spacial score (nSPS) is 25.3. The van der Waals surface area contributed by atoms with Gasteiger partial charge in [0.25, 0.3) is 0 Å². The Morgan fingerprint density at radius 3 is 2.68 bits per heavy atom. The van der Waals surface area contributed by atoms with Crippen LogP contribution < -0.4 is 0 Å². The van der Waals surface area contributed by atoms with Crippen LogP contribution >= 0.6 is 0 Å². The molecule has 0 aliphatic carbocycles. The van der Waals surface area contributed by atoms with Crippen molar-refractivity contribution in [3.8, 4) is 0 Å². The molecule has 1 aromatic rings. The van der Waals surface area contributed by atoms with Crippen LogP contribution in [0.15, 0.2) is 36.4 Å². The summed E-state index contributed by atoms with van der Waals surface area (Å²) >= 11 is 0. The van der Waals surface area contributed by atoms with E-state index in [4.69, 9.17) is 0 Å². The molecule has 1 aliphatic rings. The van der Waals surface area contributed by atoms with E-state index in [-0.39, 0.29) is 0 Å². The number of hydrogen-bond donors (Lipinski definition) is 0. The fraction of sp³-hybridized carbons (Fsp3) is 0.556. The Kier molecular flexibility index (Phi) is 4.81. The summed E-state index contributed by atoms with van der Waals surface area (Å²) in [5, 5.41) is 0. The lowest BCUT2D eigenvalue weighted by molar-refractivity contribution is 0.148. The molecule has 1 nitrogen and oxygen atoms in total. The van der Waals surface area contributed by atoms with Crippen molar-refractivity contribution >= 4 is 0 Å². The van der Waals surface area contributed by atoms with Gasteiger partial charge in [-0.3, -0.25) is 4.90 Å². The highest BCUT2D eigenvalue weighted by molar-refractivity contribution is 5.23. The molecule has 2 rings (SSSR count). The van der Waals surface area contributed by atoms with Gasteiger partial charge >= 0.3 is 0 Å². The Morgan fingerprint density at radius 2 is 1.95 bits per heavy atom. The van der Waals surface area contributed by atoms with Gasteiger partial charge < -0.3 is 0 Å². The van der Waals surface area contributed by atoms with E-state index in [1.54, 1.807) is 0 Å². The quantitative estimate of drug-likeness (QED) is 0.717. The van der Waals surface area contributed by atoms with Gasteiger partial charge in [-0.25, -0.2) is 0 Å². The maximum absolute atomic E-state index is 4.20. The average Bonchev–Trinajstić information content (AvgIpc) is 2.52. The highest BCUT2D eigenvalue weighted by Crippen LogP contribution is 2.26. The minimum Gasteiger partial charge on any atom is -0.293 e. The Morgan fingerprint density at radius 1 is 1.21 bits per heavy atom. The molecular weight excluding hydrogens is 230 g/mol. The molecule has 0 N–H and O–H groups in total. The maximum atomic E-state index is 4.20. The maximum Gasteiger partial charge on any atom is 0.0239 e. The van der Waals surface area contributed by atoms with Crippen molar-refractivity contribution in [2.75, 3.05) is 0 Å². The van der Waals surface area contributed by atoms with Crippen LogP contribution in [0, 0.1) is 0 Å². The van der Waals surface area contributed by atoms with Gasteiger partial charge in [-0.05, 0) is 50.7 Å². The SMILES string of the molecule is C=C1CC[C@H](C)N(Cc2cccc(CC)c2)C(C)C1. The smallest absolute Gasteiger partial charge is 0.0239 e. The number of aryl methyl sites for hydroxylation is 1. The molecule has 1 aliphatic heterocycles. The molecule has 104 valence electrons. The minimum atomic E-state index is 0.607. The molecule has 2 atom stereocenters. The van der Waals surface area contributed by atoms with Gasteiger partial charge in [-0.2, -0.15) is 0 Å². The van der Waals surface area contributed by atoms with E-state index in [1.807, 2.05) is 0 Å². The van der Waals surface area contributed by atoms with Crippen LogP contribution in [0.4, 0.5) is 0 Å². The van der Waals surface area contributed by atoms with E-state index >= 15 is 0 Å². The number of likely N-dealkylation sites (tertiary alicyclic amines) is 1. The predicted molar refractivity (Wildman–Crippen MR) is 83.3 cm³/mol. The first-order valence-corrected chi connectivity index (χ1v) is 7.60. The van der Waals surface area contributed by atoms with Crippen molar-refractivity contribution in [1.29, 1.82) is 0 Å². The van der Waals surface area contributed by atoms with E-state index in [9.17, 15) is 0 Å². The molecular formula is C18H27N. The fourth-order valence-corrected chi connectivity index (χ4v) is 3.12. The molecule has 1 fully saturated rings. The largest absolute Gasteiger partial charge is 0.293 e. The van der Waals surface area contributed by atoms with Crippen LogP contribution in [0.1, 0.15) is 51.2 Å². The van der Waals surface area contributed by atoms with Gasteiger partial charge in [0, 0.05) is 18.6 Å². The Balaban J connectivity index is 2.12. The summed E-state index contributed by atoms with van der Waals surface area (Å²) in [4.78, 5) is 2.65. The summed E-state index contributed by atoms with van der Waals surface area (Å²) in [5.41, 5.74) is 4.31. The summed E-state index contributed by atoms with van der Waals surface area (Å²) in [6, 6.07) is 10.3. The molecule has 0 spiro atoms. The van der Waals surface area contributed by atoms with Crippen LogP contribution in [0.5, 0.6) is 0 Å². The molecule has 1 heterocycles. The lowest BCUT2D eigenvalue weighted by Crippen LogP contribution is -2.38. The number of nitrogens with zero attached hydrogens (tertiary/aromatic N) is 1. The zero-order valence-corrected chi connectivity index (χ0v) is 12.7. The van der Waals surface area contributed by atoms with Gasteiger partial charge in [0.1, 0.15) is 0 Å². The topological polar surface area (TPSA) is 3.24 Å². The van der Waals surface area contributed by atoms with Gasteiger partial charge in [-0.1, -0.05) is 43.3 Å². The summed E-state index contributed by atoms with van der Waals surface area (Å²) in [6.07, 6.45) is 4.71. The highest BCUT2D eigenvalue weighted by Gasteiger charge is 2.24. The summed E-state index contributed by atoms with van der Waals surface area (Å²) in [6.45, 7) is 12.2. The summed E-state index contributed by atoms with van der Waals surface area (Å²) < 4.78 is 0. The molecule has 1 unspecified atom stereocenters. The molecule has 0 bridgehead atoms. The molecule has 0 aromatic heterocycles. The van der Waals surface area contributed by atoms with Crippen molar-refractivity contribution in [1.82, 2.24) is 4.90 Å². The lowest BCUT2D eigenvalue weighted by atomic mass is 10.1. The second-order valence-corrected chi connectivity index (χ2v) is 6.04. The van der Waals surface area contributed by atoms with Gasteiger partial charge in [-0.15, -0.1) is 0 Å². The standard InChI is InChI=1S/C18H27N/c1-5-17-7-6-8-18(12-17)13-19-15(3)10-9-14(2)11-16(19)4/h6-8,12,15-16H,2,5,9-11,13H2,1,3-4H3/t15-,16?/m0/s1. The zero-order chi connectivity index (χ0) is 13.8. The van der Waals surface area contributed by atoms with E-state index in [2.05, 4.69) is 56.5 Å². The molecule has 0 radical (unpaired) electrons. The molecule has 0 saturated carbocycles. The number of benzene rings is 1. The zero-order valence-electron chi connectivity index (χ0n) is 12.7. The summed E-state index contributed by atoms with van der Waals surface area (Å²) in [5.74, 6) is 0. The first-order valence-electron chi connectivity index (χ1n) is 7.60. The first kappa shape index (κ1) is 14.3. The molecule has 0 amide bonds. The van der Waals surface area contributed by atoms with Crippen LogP contribution in [0.2, 0.25) is 0 Å². The van der Waals surface area contributed by atoms with E-state index in [0.717, 1.165) is 19.4 Å². The van der Waals surface area contributed by atoms with Crippen LogP contribution in [0.3, 0.4) is 0 Å².